The predicted octanol–water partition coefficient (Wildman–Crippen LogP) is 3.48. The van der Waals surface area contributed by atoms with Gasteiger partial charge in [0.25, 0.3) is 5.56 Å². The van der Waals surface area contributed by atoms with E-state index in [1.807, 2.05) is 18.2 Å². The van der Waals surface area contributed by atoms with E-state index in [2.05, 4.69) is 42.2 Å². The Morgan fingerprint density at radius 1 is 1.32 bits per heavy atom. The number of methoxy groups -OCH3 is 1. The number of carbonyl (C=O) groups is 1. The van der Waals surface area contributed by atoms with Crippen LogP contribution in [0.2, 0.25) is 0 Å². The summed E-state index contributed by atoms with van der Waals surface area (Å²) >= 11 is 6.65. The zero-order valence-electron chi connectivity index (χ0n) is 11.8. The van der Waals surface area contributed by atoms with Crippen LogP contribution in [0.1, 0.15) is 12.0 Å². The van der Waals surface area contributed by atoms with E-state index in [-0.39, 0.29) is 23.6 Å². The van der Waals surface area contributed by atoms with Crippen LogP contribution in [0.5, 0.6) is 5.75 Å². The number of aromatic amines is 1. The Morgan fingerprint density at radius 3 is 2.77 bits per heavy atom. The quantitative estimate of drug-likeness (QED) is 0.764. The smallest absolute Gasteiger partial charge is 0.271 e. The summed E-state index contributed by atoms with van der Waals surface area (Å²) < 4.78 is 6.70. The van der Waals surface area contributed by atoms with Crippen LogP contribution in [-0.2, 0) is 11.2 Å². The molecule has 0 fully saturated rings. The number of hydrogen-bond acceptors (Lipinski definition) is 3. The molecule has 0 atom stereocenters. The minimum Gasteiger partial charge on any atom is -0.496 e. The van der Waals surface area contributed by atoms with Crippen LogP contribution in [0.3, 0.4) is 0 Å². The molecular formula is C15H14Br2N2O3. The maximum atomic E-state index is 11.9. The molecule has 0 aliphatic rings. The largest absolute Gasteiger partial charge is 0.496 e. The fourth-order valence-electron chi connectivity index (χ4n) is 1.89. The SMILES string of the molecule is COc1ccc(CCC(=O)Nc2cc(Br)c[nH]c2=O)cc1Br. The molecule has 2 rings (SSSR count). The van der Waals surface area contributed by atoms with Crippen LogP contribution in [0, 0.1) is 0 Å². The van der Waals surface area contributed by atoms with Crippen molar-refractivity contribution < 1.29 is 9.53 Å². The Morgan fingerprint density at radius 2 is 2.09 bits per heavy atom. The molecular weight excluding hydrogens is 416 g/mol. The van der Waals surface area contributed by atoms with Gasteiger partial charge in [0.1, 0.15) is 11.4 Å². The van der Waals surface area contributed by atoms with Gasteiger partial charge in [0.15, 0.2) is 0 Å². The predicted molar refractivity (Wildman–Crippen MR) is 92.4 cm³/mol. The normalized spacial score (nSPS) is 10.3. The lowest BCUT2D eigenvalue weighted by Gasteiger charge is -2.07. The van der Waals surface area contributed by atoms with Gasteiger partial charge in [-0.15, -0.1) is 0 Å². The summed E-state index contributed by atoms with van der Waals surface area (Å²) in [5, 5.41) is 2.61. The number of ether oxygens (including phenoxy) is 1. The number of H-pyrrole nitrogens is 1. The monoisotopic (exact) mass is 428 g/mol. The lowest BCUT2D eigenvalue weighted by Crippen LogP contribution is -2.19. The Kier molecular flexibility index (Phi) is 5.79. The van der Waals surface area contributed by atoms with Crippen molar-refractivity contribution in [3.8, 4) is 5.75 Å². The molecule has 5 nitrogen and oxygen atoms in total. The summed E-state index contributed by atoms with van der Waals surface area (Å²) in [4.78, 5) is 26.1. The Bertz CT molecular complexity index is 744. The minimum atomic E-state index is -0.330. The number of hydrogen-bond donors (Lipinski definition) is 2. The van der Waals surface area contributed by atoms with Gasteiger partial charge >= 0.3 is 0 Å². The lowest BCUT2D eigenvalue weighted by molar-refractivity contribution is -0.116. The first-order valence-corrected chi connectivity index (χ1v) is 8.08. The molecule has 7 heteroatoms. The molecule has 0 radical (unpaired) electrons. The highest BCUT2D eigenvalue weighted by molar-refractivity contribution is 9.10. The van der Waals surface area contributed by atoms with Gasteiger partial charge in [0, 0.05) is 17.1 Å². The van der Waals surface area contributed by atoms with Crippen molar-refractivity contribution in [2.24, 2.45) is 0 Å². The van der Waals surface area contributed by atoms with E-state index in [0.717, 1.165) is 15.8 Å². The van der Waals surface area contributed by atoms with Gasteiger partial charge in [-0.2, -0.15) is 0 Å². The number of benzene rings is 1. The summed E-state index contributed by atoms with van der Waals surface area (Å²) in [5.41, 5.74) is 0.907. The van der Waals surface area contributed by atoms with Crippen molar-refractivity contribution in [1.82, 2.24) is 4.98 Å². The first-order chi connectivity index (χ1) is 10.5. The second-order valence-corrected chi connectivity index (χ2v) is 6.35. The molecule has 0 bridgehead atoms. The third kappa shape index (κ3) is 4.45. The maximum Gasteiger partial charge on any atom is 0.271 e. The Labute approximate surface area is 144 Å². The fraction of sp³-hybridized carbons (Fsp3) is 0.200. The number of rotatable bonds is 5. The summed E-state index contributed by atoms with van der Waals surface area (Å²) in [7, 11) is 1.60. The molecule has 0 spiro atoms. The molecule has 116 valence electrons. The van der Waals surface area contributed by atoms with Gasteiger partial charge in [0.05, 0.1) is 11.6 Å². The Hall–Kier alpha value is -1.60. The van der Waals surface area contributed by atoms with E-state index in [1.54, 1.807) is 13.2 Å². The third-order valence-electron chi connectivity index (χ3n) is 3.00. The molecule has 0 aliphatic carbocycles. The van der Waals surface area contributed by atoms with Gasteiger partial charge in [-0.05, 0) is 62.0 Å². The zero-order chi connectivity index (χ0) is 16.1. The van der Waals surface area contributed by atoms with E-state index >= 15 is 0 Å². The topological polar surface area (TPSA) is 71.2 Å². The molecule has 0 saturated carbocycles. The van der Waals surface area contributed by atoms with Crippen molar-refractivity contribution in [3.05, 3.63) is 55.3 Å². The highest BCUT2D eigenvalue weighted by atomic mass is 79.9. The number of anilines is 1. The van der Waals surface area contributed by atoms with E-state index in [4.69, 9.17) is 4.74 Å². The zero-order valence-corrected chi connectivity index (χ0v) is 15.0. The van der Waals surface area contributed by atoms with E-state index in [9.17, 15) is 9.59 Å². The summed E-state index contributed by atoms with van der Waals surface area (Å²) in [6.07, 6.45) is 2.37. The number of aryl methyl sites for hydroxylation is 1. The van der Waals surface area contributed by atoms with Crippen LogP contribution in [-0.4, -0.2) is 18.0 Å². The second-order valence-electron chi connectivity index (χ2n) is 4.58. The van der Waals surface area contributed by atoms with Crippen LogP contribution in [0.25, 0.3) is 0 Å². The number of halogens is 2. The molecule has 1 aromatic carbocycles. The average molecular weight is 430 g/mol. The van der Waals surface area contributed by atoms with Gasteiger partial charge in [0.2, 0.25) is 5.91 Å². The highest BCUT2D eigenvalue weighted by Gasteiger charge is 2.08. The molecule has 1 aromatic heterocycles. The van der Waals surface area contributed by atoms with E-state index in [0.29, 0.717) is 10.9 Å². The van der Waals surface area contributed by atoms with Crippen molar-refractivity contribution in [2.45, 2.75) is 12.8 Å². The fourth-order valence-corrected chi connectivity index (χ4v) is 2.82. The summed E-state index contributed by atoms with van der Waals surface area (Å²) in [6.45, 7) is 0. The van der Waals surface area contributed by atoms with Gasteiger partial charge in [-0.25, -0.2) is 0 Å². The van der Waals surface area contributed by atoms with E-state index < -0.39 is 0 Å². The molecule has 22 heavy (non-hydrogen) atoms. The standard InChI is InChI=1S/C15H14Br2N2O3/c1-22-13-4-2-9(6-11(13)17)3-5-14(20)19-12-7-10(16)8-18-15(12)21/h2,4,6-8H,3,5H2,1H3,(H,18,21)(H,19,20). The second kappa shape index (κ2) is 7.60. The lowest BCUT2D eigenvalue weighted by atomic mass is 10.1. The third-order valence-corrected chi connectivity index (χ3v) is 4.08. The summed E-state index contributed by atoms with van der Waals surface area (Å²) in [6, 6.07) is 7.23. The van der Waals surface area contributed by atoms with Crippen molar-refractivity contribution in [1.29, 1.82) is 0 Å². The van der Waals surface area contributed by atoms with Gasteiger partial charge < -0.3 is 15.0 Å². The number of carbonyl (C=O) groups excluding carboxylic acids is 1. The van der Waals surface area contributed by atoms with Crippen molar-refractivity contribution in [2.75, 3.05) is 12.4 Å². The highest BCUT2D eigenvalue weighted by Crippen LogP contribution is 2.26. The van der Waals surface area contributed by atoms with Crippen molar-refractivity contribution >= 4 is 43.5 Å². The van der Waals surface area contributed by atoms with Crippen LogP contribution in [0.4, 0.5) is 5.69 Å². The average Bonchev–Trinajstić information content (AvgIpc) is 2.49. The number of pyridine rings is 1. The molecule has 1 heterocycles. The number of amides is 1. The van der Waals surface area contributed by atoms with Crippen LogP contribution >= 0.6 is 31.9 Å². The molecule has 1 amide bonds. The maximum absolute atomic E-state index is 11.9. The molecule has 2 N–H and O–H groups in total. The Balaban J connectivity index is 1.97. The minimum absolute atomic E-state index is 0.212. The molecule has 0 saturated heterocycles. The number of aromatic nitrogens is 1. The first-order valence-electron chi connectivity index (χ1n) is 6.50. The van der Waals surface area contributed by atoms with E-state index in [1.165, 1.54) is 6.20 Å². The van der Waals surface area contributed by atoms with Crippen LogP contribution in [0.15, 0.2) is 44.2 Å². The van der Waals surface area contributed by atoms with Crippen LogP contribution < -0.4 is 15.6 Å². The summed E-state index contributed by atoms with van der Waals surface area (Å²) in [5.74, 6) is 0.532. The van der Waals surface area contributed by atoms with Crippen molar-refractivity contribution in [3.63, 3.8) is 0 Å². The van der Waals surface area contributed by atoms with Gasteiger partial charge in [-0.1, -0.05) is 6.07 Å². The van der Waals surface area contributed by atoms with Gasteiger partial charge in [-0.3, -0.25) is 9.59 Å². The number of nitrogens with one attached hydrogen (secondary N) is 2. The molecule has 2 aromatic rings. The molecule has 0 aliphatic heterocycles. The first kappa shape index (κ1) is 16.8. The molecule has 0 unspecified atom stereocenters.